The fourth-order valence-corrected chi connectivity index (χ4v) is 2.96. The summed E-state index contributed by atoms with van der Waals surface area (Å²) in [6.07, 6.45) is 9.78. The summed E-state index contributed by atoms with van der Waals surface area (Å²) in [5.74, 6) is 0.930. The molecule has 70 valence electrons. The fourth-order valence-electron chi connectivity index (χ4n) is 1.64. The van der Waals surface area contributed by atoms with Crippen LogP contribution in [0.5, 0.6) is 0 Å². The molecule has 0 bridgehead atoms. The summed E-state index contributed by atoms with van der Waals surface area (Å²) in [5.41, 5.74) is 0. The summed E-state index contributed by atoms with van der Waals surface area (Å²) in [6, 6.07) is 0. The van der Waals surface area contributed by atoms with Crippen LogP contribution in [0.3, 0.4) is 0 Å². The van der Waals surface area contributed by atoms with E-state index in [0.717, 1.165) is 25.7 Å². The summed E-state index contributed by atoms with van der Waals surface area (Å²) >= 11 is 0.747. The van der Waals surface area contributed by atoms with E-state index in [2.05, 4.69) is 24.9 Å². The quantitative estimate of drug-likeness (QED) is 0.651. The molecule has 0 unspecified atom stereocenters. The molecule has 1 heteroatoms. The van der Waals surface area contributed by atoms with Crippen molar-refractivity contribution in [1.82, 2.24) is 0 Å². The zero-order valence-corrected chi connectivity index (χ0v) is 9.97. The summed E-state index contributed by atoms with van der Waals surface area (Å²) in [6.45, 7) is 4.62. The third kappa shape index (κ3) is 4.33. The van der Waals surface area contributed by atoms with E-state index in [-0.39, 0.29) is 0 Å². The van der Waals surface area contributed by atoms with E-state index in [1.807, 2.05) is 0 Å². The van der Waals surface area contributed by atoms with Gasteiger partial charge in [-0.25, -0.2) is 0 Å². The van der Waals surface area contributed by atoms with E-state index < -0.39 is 0 Å². The first kappa shape index (κ1) is 10.3. The molecule has 0 aliphatic heterocycles. The standard InChI is InChI=1S/C11H20Se/c1-10(2)12-9-8-11-6-4-3-5-7-11/h8-11H,3-7H2,1-2H3/b9-8+. The van der Waals surface area contributed by atoms with Crippen LogP contribution in [0, 0.1) is 5.92 Å². The minimum absolute atomic E-state index is 0.747. The first-order valence-electron chi connectivity index (χ1n) is 5.11. The molecule has 0 N–H and O–H groups in total. The molecule has 0 radical (unpaired) electrons. The summed E-state index contributed by atoms with van der Waals surface area (Å²) < 4.78 is 0. The van der Waals surface area contributed by atoms with Gasteiger partial charge < -0.3 is 0 Å². The van der Waals surface area contributed by atoms with E-state index in [4.69, 9.17) is 0 Å². The molecule has 0 aromatic carbocycles. The molecule has 1 aliphatic carbocycles. The Morgan fingerprint density at radius 1 is 1.17 bits per heavy atom. The molecule has 1 rings (SSSR count). The van der Waals surface area contributed by atoms with Crippen LogP contribution in [0.2, 0.25) is 4.82 Å². The van der Waals surface area contributed by atoms with E-state index >= 15 is 0 Å². The molecule has 1 fully saturated rings. The first-order valence-corrected chi connectivity index (χ1v) is 7.09. The maximum atomic E-state index is 2.49. The Morgan fingerprint density at radius 3 is 2.42 bits per heavy atom. The van der Waals surface area contributed by atoms with Crippen LogP contribution in [-0.2, 0) is 0 Å². The third-order valence-electron chi connectivity index (χ3n) is 2.35. The average Bonchev–Trinajstić information content (AvgIpc) is 2.05. The molecule has 12 heavy (non-hydrogen) atoms. The predicted octanol–water partition coefficient (Wildman–Crippen LogP) is 3.61. The Bertz CT molecular complexity index is 132. The topological polar surface area (TPSA) is 0 Å². The number of hydrogen-bond donors (Lipinski definition) is 0. The van der Waals surface area contributed by atoms with Crippen molar-refractivity contribution in [2.45, 2.75) is 50.8 Å². The predicted molar refractivity (Wildman–Crippen MR) is 56.6 cm³/mol. The summed E-state index contributed by atoms with van der Waals surface area (Å²) in [7, 11) is 0. The summed E-state index contributed by atoms with van der Waals surface area (Å²) in [4.78, 5) is 3.34. The van der Waals surface area contributed by atoms with Gasteiger partial charge in [-0.1, -0.05) is 0 Å². The van der Waals surface area contributed by atoms with E-state index in [0.29, 0.717) is 0 Å². The first-order chi connectivity index (χ1) is 5.79. The zero-order valence-electron chi connectivity index (χ0n) is 8.25. The number of allylic oxidation sites excluding steroid dienone is 1. The van der Waals surface area contributed by atoms with Gasteiger partial charge in [-0.3, -0.25) is 0 Å². The van der Waals surface area contributed by atoms with Gasteiger partial charge in [0.1, 0.15) is 0 Å². The van der Waals surface area contributed by atoms with Gasteiger partial charge in [0.05, 0.1) is 0 Å². The summed E-state index contributed by atoms with van der Waals surface area (Å²) in [5, 5.41) is 0. The second kappa shape index (κ2) is 5.83. The van der Waals surface area contributed by atoms with Crippen LogP contribution >= 0.6 is 0 Å². The van der Waals surface area contributed by atoms with Gasteiger partial charge in [0, 0.05) is 0 Å². The molecule has 0 atom stereocenters. The zero-order chi connectivity index (χ0) is 8.81. The monoisotopic (exact) mass is 232 g/mol. The molecule has 0 nitrogen and oxygen atoms in total. The van der Waals surface area contributed by atoms with Crippen molar-refractivity contribution in [2.24, 2.45) is 5.92 Å². The van der Waals surface area contributed by atoms with Crippen LogP contribution in [0.4, 0.5) is 0 Å². The van der Waals surface area contributed by atoms with Crippen molar-refractivity contribution in [3.8, 4) is 0 Å². The van der Waals surface area contributed by atoms with Gasteiger partial charge in [0.15, 0.2) is 0 Å². The van der Waals surface area contributed by atoms with Gasteiger partial charge in [-0.2, -0.15) is 0 Å². The molecule has 0 spiro atoms. The fraction of sp³-hybridized carbons (Fsp3) is 0.818. The maximum absolute atomic E-state index is 2.49. The van der Waals surface area contributed by atoms with Crippen LogP contribution < -0.4 is 0 Å². The van der Waals surface area contributed by atoms with Gasteiger partial charge in [-0.05, 0) is 0 Å². The van der Waals surface area contributed by atoms with Crippen molar-refractivity contribution in [1.29, 1.82) is 0 Å². The van der Waals surface area contributed by atoms with Crippen LogP contribution in [0.15, 0.2) is 11.1 Å². The number of hydrogen-bond acceptors (Lipinski definition) is 0. The molecule has 1 saturated carbocycles. The minimum atomic E-state index is 0.747. The van der Waals surface area contributed by atoms with E-state index in [1.54, 1.807) is 0 Å². The average molecular weight is 231 g/mol. The Hall–Kier alpha value is 0.259. The SMILES string of the molecule is CC(C)[Se]/C=C/C1CCCCC1. The van der Waals surface area contributed by atoms with Crippen molar-refractivity contribution in [3.63, 3.8) is 0 Å². The molecular weight excluding hydrogens is 211 g/mol. The van der Waals surface area contributed by atoms with Crippen LogP contribution in [-0.4, -0.2) is 15.0 Å². The van der Waals surface area contributed by atoms with Crippen LogP contribution in [0.25, 0.3) is 0 Å². The van der Waals surface area contributed by atoms with E-state index in [1.165, 1.54) is 32.1 Å². The molecular formula is C11H20Se. The molecule has 1 aliphatic rings. The van der Waals surface area contributed by atoms with Gasteiger partial charge in [0.25, 0.3) is 0 Å². The normalized spacial score (nSPS) is 20.9. The van der Waals surface area contributed by atoms with Crippen LogP contribution in [0.1, 0.15) is 46.0 Å². The van der Waals surface area contributed by atoms with Crippen molar-refractivity contribution < 1.29 is 0 Å². The second-order valence-electron chi connectivity index (χ2n) is 3.91. The van der Waals surface area contributed by atoms with E-state index in [9.17, 15) is 0 Å². The molecule has 0 aromatic heterocycles. The molecule has 0 saturated heterocycles. The van der Waals surface area contributed by atoms with Crippen molar-refractivity contribution >= 4 is 15.0 Å². The van der Waals surface area contributed by atoms with Crippen molar-refractivity contribution in [2.75, 3.05) is 0 Å². The Balaban J connectivity index is 2.15. The van der Waals surface area contributed by atoms with Gasteiger partial charge >= 0.3 is 82.7 Å². The van der Waals surface area contributed by atoms with Gasteiger partial charge in [-0.15, -0.1) is 0 Å². The number of rotatable bonds is 3. The van der Waals surface area contributed by atoms with Gasteiger partial charge in [0.2, 0.25) is 0 Å². The molecule has 0 amide bonds. The second-order valence-corrected chi connectivity index (χ2v) is 7.03. The Labute approximate surface area is 83.0 Å². The molecule has 0 aromatic rings. The molecule has 0 heterocycles. The Morgan fingerprint density at radius 2 is 1.83 bits per heavy atom. The Kier molecular flexibility index (Phi) is 5.02. The third-order valence-corrected chi connectivity index (χ3v) is 4.15. The van der Waals surface area contributed by atoms with Crippen molar-refractivity contribution in [3.05, 3.63) is 11.1 Å².